The molecule has 1 aliphatic heterocycles. The monoisotopic (exact) mass is 451 g/mol. The summed E-state index contributed by atoms with van der Waals surface area (Å²) in [5.74, 6) is 0.828. The van der Waals surface area contributed by atoms with Gasteiger partial charge in [0.2, 0.25) is 0 Å². The van der Waals surface area contributed by atoms with Gasteiger partial charge in [-0.1, -0.05) is 64.1 Å². The van der Waals surface area contributed by atoms with Crippen LogP contribution < -0.4 is 10.6 Å². The van der Waals surface area contributed by atoms with Crippen LogP contribution in [-0.2, 0) is 5.41 Å². The van der Waals surface area contributed by atoms with E-state index in [4.69, 9.17) is 12.2 Å². The van der Waals surface area contributed by atoms with Gasteiger partial charge in [0.1, 0.15) is 0 Å². The molecule has 1 heterocycles. The molecule has 1 aliphatic rings. The number of rotatable bonds is 7. The van der Waals surface area contributed by atoms with E-state index in [1.165, 1.54) is 31.5 Å². The molecular weight excluding hydrogens is 414 g/mol. The molecule has 2 aromatic carbocycles. The van der Waals surface area contributed by atoms with Gasteiger partial charge in [-0.3, -0.25) is 4.79 Å². The molecule has 1 saturated heterocycles. The Labute approximate surface area is 198 Å². The summed E-state index contributed by atoms with van der Waals surface area (Å²) in [7, 11) is 0. The summed E-state index contributed by atoms with van der Waals surface area (Å²) >= 11 is 5.46. The van der Waals surface area contributed by atoms with E-state index in [0.29, 0.717) is 16.2 Å². The molecule has 0 spiro atoms. The lowest BCUT2D eigenvalue weighted by atomic mass is 9.86. The highest BCUT2D eigenvalue weighted by Gasteiger charge is 2.16. The quantitative estimate of drug-likeness (QED) is 0.325. The van der Waals surface area contributed by atoms with Crippen molar-refractivity contribution < 1.29 is 4.79 Å². The van der Waals surface area contributed by atoms with Gasteiger partial charge in [0.05, 0.1) is 0 Å². The zero-order valence-electron chi connectivity index (χ0n) is 19.9. The topological polar surface area (TPSA) is 44.4 Å². The number of anilines is 1. The molecule has 3 rings (SSSR count). The van der Waals surface area contributed by atoms with Crippen molar-refractivity contribution in [2.24, 2.45) is 5.92 Å². The van der Waals surface area contributed by atoms with E-state index >= 15 is 0 Å². The lowest BCUT2D eigenvalue weighted by Crippen LogP contribution is -2.37. The number of hydrogen-bond donors (Lipinski definition) is 2. The lowest BCUT2D eigenvalue weighted by molar-refractivity contribution is 0.103. The minimum atomic E-state index is 0.0174. The van der Waals surface area contributed by atoms with Crippen LogP contribution in [0.25, 0.3) is 0 Å². The highest BCUT2D eigenvalue weighted by molar-refractivity contribution is 7.80. The summed E-state index contributed by atoms with van der Waals surface area (Å²) in [6.07, 6.45) is 3.73. The Bertz CT molecular complexity index is 917. The molecule has 172 valence electrons. The Morgan fingerprint density at radius 2 is 1.88 bits per heavy atom. The van der Waals surface area contributed by atoms with Gasteiger partial charge in [-0.2, -0.15) is 0 Å². The first-order valence-electron chi connectivity index (χ1n) is 11.7. The van der Waals surface area contributed by atoms with Crippen molar-refractivity contribution in [1.82, 2.24) is 10.2 Å². The minimum Gasteiger partial charge on any atom is -0.362 e. The normalized spacial score (nSPS) is 17.1. The van der Waals surface area contributed by atoms with E-state index in [-0.39, 0.29) is 11.2 Å². The average Bonchev–Trinajstić information content (AvgIpc) is 2.76. The fraction of sp³-hybridized carbons (Fsp3) is 0.481. The summed E-state index contributed by atoms with van der Waals surface area (Å²) in [5.41, 5.74) is 3.46. The molecule has 1 atom stereocenters. The Morgan fingerprint density at radius 1 is 1.12 bits per heavy atom. The van der Waals surface area contributed by atoms with Gasteiger partial charge in [-0.25, -0.2) is 0 Å². The molecule has 0 unspecified atom stereocenters. The molecule has 0 aliphatic carbocycles. The second kappa shape index (κ2) is 11.1. The Hall–Kier alpha value is -2.24. The predicted octanol–water partition coefficient (Wildman–Crippen LogP) is 5.62. The van der Waals surface area contributed by atoms with E-state index in [2.05, 4.69) is 43.2 Å². The molecule has 4 nitrogen and oxygen atoms in total. The number of carbonyl (C=O) groups is 1. The molecule has 0 bridgehead atoms. The fourth-order valence-corrected chi connectivity index (χ4v) is 4.42. The fourth-order valence-electron chi connectivity index (χ4n) is 4.20. The van der Waals surface area contributed by atoms with Crippen LogP contribution in [0, 0.1) is 5.92 Å². The van der Waals surface area contributed by atoms with E-state index in [1.807, 2.05) is 48.5 Å². The highest BCUT2D eigenvalue weighted by Crippen LogP contribution is 2.23. The van der Waals surface area contributed by atoms with Gasteiger partial charge in [0.25, 0.3) is 0 Å². The molecule has 0 radical (unpaired) electrons. The summed E-state index contributed by atoms with van der Waals surface area (Å²) in [5, 5.41) is 7.10. The summed E-state index contributed by atoms with van der Waals surface area (Å²) in [4.78, 5) is 15.5. The molecule has 0 aromatic heterocycles. The number of nitrogens with zero attached hydrogens (tertiary/aromatic N) is 1. The van der Waals surface area contributed by atoms with Crippen molar-refractivity contribution in [2.45, 2.75) is 52.4 Å². The molecule has 32 heavy (non-hydrogen) atoms. The van der Waals surface area contributed by atoms with Gasteiger partial charge in [-0.15, -0.1) is 0 Å². The second-order valence-corrected chi connectivity index (χ2v) is 10.4. The SMILES string of the molecule is C[C@H]1CCCN(CCCNC(=S)Nc2cccc(C(=O)c3ccc(C(C)(C)C)cc3)c2)C1. The molecule has 0 saturated carbocycles. The molecule has 0 amide bonds. The number of carbonyl (C=O) groups excluding carboxylic acids is 1. The molecule has 5 heteroatoms. The number of benzene rings is 2. The van der Waals surface area contributed by atoms with Crippen LogP contribution in [0.1, 0.15) is 68.4 Å². The first-order chi connectivity index (χ1) is 15.2. The third-order valence-electron chi connectivity index (χ3n) is 6.07. The van der Waals surface area contributed by atoms with Gasteiger partial charge in [0, 0.05) is 29.9 Å². The number of ketones is 1. The van der Waals surface area contributed by atoms with Crippen LogP contribution in [-0.4, -0.2) is 42.0 Å². The van der Waals surface area contributed by atoms with Crippen molar-refractivity contribution in [1.29, 1.82) is 0 Å². The van der Waals surface area contributed by atoms with Crippen LogP contribution in [0.4, 0.5) is 5.69 Å². The van der Waals surface area contributed by atoms with Crippen LogP contribution in [0.15, 0.2) is 48.5 Å². The third-order valence-corrected chi connectivity index (χ3v) is 6.32. The summed E-state index contributed by atoms with van der Waals surface area (Å²) in [6.45, 7) is 13.2. The standard InChI is InChI=1S/C27H37N3OS/c1-20-8-6-16-30(19-20)17-7-15-28-26(32)29-24-10-5-9-22(18-24)25(31)21-11-13-23(14-12-21)27(2,3)4/h5,9-14,18,20H,6-8,15-17,19H2,1-4H3,(H2,28,29,32)/t20-/m0/s1. The van der Waals surface area contributed by atoms with Crippen molar-refractivity contribution in [3.8, 4) is 0 Å². The Morgan fingerprint density at radius 3 is 2.56 bits per heavy atom. The van der Waals surface area contributed by atoms with Gasteiger partial charge in [0.15, 0.2) is 10.9 Å². The van der Waals surface area contributed by atoms with Crippen LogP contribution >= 0.6 is 12.2 Å². The maximum atomic E-state index is 12.9. The second-order valence-electron chi connectivity index (χ2n) is 10.0. The summed E-state index contributed by atoms with van der Waals surface area (Å²) < 4.78 is 0. The Balaban J connectivity index is 1.49. The van der Waals surface area contributed by atoms with Gasteiger partial charge < -0.3 is 15.5 Å². The first kappa shape index (κ1) is 24.4. The zero-order valence-corrected chi connectivity index (χ0v) is 20.7. The zero-order chi connectivity index (χ0) is 23.1. The van der Waals surface area contributed by atoms with Crippen molar-refractivity contribution >= 4 is 28.8 Å². The largest absolute Gasteiger partial charge is 0.362 e. The third kappa shape index (κ3) is 7.14. The molecule has 1 fully saturated rings. The smallest absolute Gasteiger partial charge is 0.193 e. The van der Waals surface area contributed by atoms with E-state index in [9.17, 15) is 4.79 Å². The van der Waals surface area contributed by atoms with Crippen molar-refractivity contribution in [3.05, 3.63) is 65.2 Å². The van der Waals surface area contributed by atoms with Crippen LogP contribution in [0.2, 0.25) is 0 Å². The van der Waals surface area contributed by atoms with Gasteiger partial charge >= 0.3 is 0 Å². The first-order valence-corrected chi connectivity index (χ1v) is 12.2. The van der Waals surface area contributed by atoms with Crippen molar-refractivity contribution in [2.75, 3.05) is 31.5 Å². The van der Waals surface area contributed by atoms with E-state index < -0.39 is 0 Å². The maximum absolute atomic E-state index is 12.9. The van der Waals surface area contributed by atoms with Crippen LogP contribution in [0.5, 0.6) is 0 Å². The molecule has 2 aromatic rings. The van der Waals surface area contributed by atoms with E-state index in [0.717, 1.165) is 31.1 Å². The summed E-state index contributed by atoms with van der Waals surface area (Å²) in [6, 6.07) is 15.4. The Kier molecular flexibility index (Phi) is 8.44. The van der Waals surface area contributed by atoms with Crippen LogP contribution in [0.3, 0.4) is 0 Å². The highest BCUT2D eigenvalue weighted by atomic mass is 32.1. The van der Waals surface area contributed by atoms with E-state index in [1.54, 1.807) is 0 Å². The van der Waals surface area contributed by atoms with Crippen molar-refractivity contribution in [3.63, 3.8) is 0 Å². The number of thiocarbonyl (C=S) groups is 1. The molecular formula is C27H37N3OS. The minimum absolute atomic E-state index is 0.0174. The average molecular weight is 452 g/mol. The molecule has 2 N–H and O–H groups in total. The number of likely N-dealkylation sites (tertiary alicyclic amines) is 1. The van der Waals surface area contributed by atoms with Gasteiger partial charge in [-0.05, 0) is 73.6 Å². The maximum Gasteiger partial charge on any atom is 0.193 e. The number of nitrogens with one attached hydrogen (secondary N) is 2. The predicted molar refractivity (Wildman–Crippen MR) is 139 cm³/mol. The number of piperidine rings is 1. The lowest BCUT2D eigenvalue weighted by Gasteiger charge is -2.30. The number of hydrogen-bond acceptors (Lipinski definition) is 3.